The molecule has 66 valence electrons. The van der Waals surface area contributed by atoms with Gasteiger partial charge in [0.2, 0.25) is 0 Å². The third-order valence-corrected chi connectivity index (χ3v) is 2.15. The highest BCUT2D eigenvalue weighted by Crippen LogP contribution is 2.18. The van der Waals surface area contributed by atoms with Crippen molar-refractivity contribution in [2.24, 2.45) is 0 Å². The van der Waals surface area contributed by atoms with E-state index in [0.29, 0.717) is 6.42 Å². The van der Waals surface area contributed by atoms with Gasteiger partial charge in [0.1, 0.15) is 11.5 Å². The number of furan rings is 1. The molecule has 0 spiro atoms. The predicted octanol–water partition coefficient (Wildman–Crippen LogP) is 0.460. The molecule has 0 bridgehead atoms. The number of hydrogen-bond donors (Lipinski definition) is 2. The van der Waals surface area contributed by atoms with Crippen LogP contribution in [0.3, 0.4) is 0 Å². The molecule has 1 aliphatic heterocycles. The lowest BCUT2D eigenvalue weighted by molar-refractivity contribution is 0.285. The van der Waals surface area contributed by atoms with Crippen LogP contribution < -0.4 is 5.32 Å². The average Bonchev–Trinajstić information content (AvgIpc) is 2.47. The number of aliphatic hydroxyl groups is 1. The molecule has 0 fully saturated rings. The highest BCUT2D eigenvalue weighted by atomic mass is 16.3. The fourth-order valence-corrected chi connectivity index (χ4v) is 1.55. The largest absolute Gasteiger partial charge is 0.466 e. The standard InChI is InChI=1S/C9H13NO2/c11-4-2-8-5-7-6-10-3-1-9(7)12-8/h5,10-11H,1-4,6H2. The van der Waals surface area contributed by atoms with Crippen LogP contribution in [0.4, 0.5) is 0 Å². The first kappa shape index (κ1) is 7.83. The van der Waals surface area contributed by atoms with Gasteiger partial charge in [-0.3, -0.25) is 0 Å². The Morgan fingerprint density at radius 1 is 1.58 bits per heavy atom. The summed E-state index contributed by atoms with van der Waals surface area (Å²) in [7, 11) is 0. The Hall–Kier alpha value is -0.800. The third-order valence-electron chi connectivity index (χ3n) is 2.15. The van der Waals surface area contributed by atoms with Crippen molar-refractivity contribution in [3.63, 3.8) is 0 Å². The van der Waals surface area contributed by atoms with Crippen molar-refractivity contribution < 1.29 is 9.52 Å². The molecule has 2 heterocycles. The van der Waals surface area contributed by atoms with Gasteiger partial charge in [-0.15, -0.1) is 0 Å². The molecular weight excluding hydrogens is 154 g/mol. The maximum atomic E-state index is 8.71. The Morgan fingerprint density at radius 3 is 3.25 bits per heavy atom. The second kappa shape index (κ2) is 3.29. The van der Waals surface area contributed by atoms with Crippen LogP contribution in [0, 0.1) is 0 Å². The van der Waals surface area contributed by atoms with Gasteiger partial charge >= 0.3 is 0 Å². The summed E-state index contributed by atoms with van der Waals surface area (Å²) in [5, 5.41) is 12.0. The maximum absolute atomic E-state index is 8.71. The number of fused-ring (bicyclic) bond motifs is 1. The van der Waals surface area contributed by atoms with E-state index in [-0.39, 0.29) is 6.61 Å². The fourth-order valence-electron chi connectivity index (χ4n) is 1.55. The molecule has 0 aliphatic carbocycles. The topological polar surface area (TPSA) is 45.4 Å². The van der Waals surface area contributed by atoms with Gasteiger partial charge in [0, 0.05) is 31.5 Å². The second-order valence-corrected chi connectivity index (χ2v) is 3.06. The number of rotatable bonds is 2. The summed E-state index contributed by atoms with van der Waals surface area (Å²) in [5.74, 6) is 2.00. The molecule has 3 nitrogen and oxygen atoms in total. The van der Waals surface area contributed by atoms with Gasteiger partial charge in [-0.25, -0.2) is 0 Å². The van der Waals surface area contributed by atoms with E-state index in [1.807, 2.05) is 6.07 Å². The van der Waals surface area contributed by atoms with E-state index in [1.165, 1.54) is 5.56 Å². The molecule has 0 unspecified atom stereocenters. The van der Waals surface area contributed by atoms with E-state index in [2.05, 4.69) is 5.32 Å². The molecule has 1 aromatic heterocycles. The van der Waals surface area contributed by atoms with Gasteiger partial charge in [0.15, 0.2) is 0 Å². The number of nitrogens with one attached hydrogen (secondary N) is 1. The van der Waals surface area contributed by atoms with Crippen molar-refractivity contribution >= 4 is 0 Å². The zero-order valence-corrected chi connectivity index (χ0v) is 6.97. The molecule has 0 saturated carbocycles. The van der Waals surface area contributed by atoms with Crippen molar-refractivity contribution in [3.8, 4) is 0 Å². The minimum atomic E-state index is 0.166. The number of hydrogen-bond acceptors (Lipinski definition) is 3. The van der Waals surface area contributed by atoms with Crippen molar-refractivity contribution in [3.05, 3.63) is 23.2 Å². The molecule has 0 aromatic carbocycles. The predicted molar refractivity (Wildman–Crippen MR) is 44.9 cm³/mol. The Balaban J connectivity index is 2.20. The number of aliphatic hydroxyl groups excluding tert-OH is 1. The molecule has 12 heavy (non-hydrogen) atoms. The van der Waals surface area contributed by atoms with Gasteiger partial charge in [-0.1, -0.05) is 0 Å². The lowest BCUT2D eigenvalue weighted by Gasteiger charge is -2.09. The van der Waals surface area contributed by atoms with E-state index in [4.69, 9.17) is 9.52 Å². The highest BCUT2D eigenvalue weighted by Gasteiger charge is 2.13. The van der Waals surface area contributed by atoms with Crippen LogP contribution in [-0.2, 0) is 19.4 Å². The summed E-state index contributed by atoms with van der Waals surface area (Å²) in [5.41, 5.74) is 1.25. The van der Waals surface area contributed by atoms with Gasteiger partial charge in [-0.05, 0) is 6.07 Å². The molecule has 0 atom stereocenters. The summed E-state index contributed by atoms with van der Waals surface area (Å²) in [6.45, 7) is 2.07. The maximum Gasteiger partial charge on any atom is 0.109 e. The molecular formula is C9H13NO2. The van der Waals surface area contributed by atoms with Crippen LogP contribution in [-0.4, -0.2) is 18.3 Å². The second-order valence-electron chi connectivity index (χ2n) is 3.06. The lowest BCUT2D eigenvalue weighted by atomic mass is 10.1. The van der Waals surface area contributed by atoms with Gasteiger partial charge in [-0.2, -0.15) is 0 Å². The summed E-state index contributed by atoms with van der Waals surface area (Å²) >= 11 is 0. The average molecular weight is 167 g/mol. The molecule has 2 N–H and O–H groups in total. The summed E-state index contributed by atoms with van der Waals surface area (Å²) in [6, 6.07) is 2.04. The Kier molecular flexibility index (Phi) is 2.15. The Bertz CT molecular complexity index is 244. The van der Waals surface area contributed by atoms with Crippen molar-refractivity contribution in [1.82, 2.24) is 5.32 Å². The van der Waals surface area contributed by atoms with E-state index in [1.54, 1.807) is 0 Å². The zero-order valence-electron chi connectivity index (χ0n) is 6.97. The van der Waals surface area contributed by atoms with Gasteiger partial charge in [0.25, 0.3) is 0 Å². The summed E-state index contributed by atoms with van der Waals surface area (Å²) in [4.78, 5) is 0. The molecule has 1 aliphatic rings. The lowest BCUT2D eigenvalue weighted by Crippen LogP contribution is -2.22. The molecule has 0 radical (unpaired) electrons. The third kappa shape index (κ3) is 1.38. The van der Waals surface area contributed by atoms with E-state index < -0.39 is 0 Å². The van der Waals surface area contributed by atoms with Crippen molar-refractivity contribution in [2.75, 3.05) is 13.2 Å². The van der Waals surface area contributed by atoms with E-state index in [0.717, 1.165) is 31.0 Å². The minimum absolute atomic E-state index is 0.166. The summed E-state index contributed by atoms with van der Waals surface area (Å²) in [6.07, 6.45) is 1.60. The quantitative estimate of drug-likeness (QED) is 0.672. The van der Waals surface area contributed by atoms with Crippen LogP contribution in [0.5, 0.6) is 0 Å². The van der Waals surface area contributed by atoms with Crippen LogP contribution in [0.1, 0.15) is 17.1 Å². The first-order valence-electron chi connectivity index (χ1n) is 4.32. The minimum Gasteiger partial charge on any atom is -0.466 e. The van der Waals surface area contributed by atoms with Gasteiger partial charge in [0.05, 0.1) is 6.61 Å². The molecule has 3 heteroatoms. The molecule has 0 amide bonds. The van der Waals surface area contributed by atoms with Gasteiger partial charge < -0.3 is 14.8 Å². The Labute approximate surface area is 71.4 Å². The monoisotopic (exact) mass is 167 g/mol. The van der Waals surface area contributed by atoms with Crippen LogP contribution in [0.2, 0.25) is 0 Å². The summed E-state index contributed by atoms with van der Waals surface area (Å²) < 4.78 is 5.55. The molecule has 1 aromatic rings. The van der Waals surface area contributed by atoms with E-state index in [9.17, 15) is 0 Å². The zero-order chi connectivity index (χ0) is 8.39. The first-order chi connectivity index (χ1) is 5.90. The first-order valence-corrected chi connectivity index (χ1v) is 4.32. The van der Waals surface area contributed by atoms with Crippen molar-refractivity contribution in [2.45, 2.75) is 19.4 Å². The highest BCUT2D eigenvalue weighted by molar-refractivity contribution is 5.23. The van der Waals surface area contributed by atoms with Crippen LogP contribution in [0.15, 0.2) is 10.5 Å². The van der Waals surface area contributed by atoms with Crippen LogP contribution >= 0.6 is 0 Å². The Morgan fingerprint density at radius 2 is 2.50 bits per heavy atom. The SMILES string of the molecule is OCCc1cc2c(o1)CCNC2. The fraction of sp³-hybridized carbons (Fsp3) is 0.556. The van der Waals surface area contributed by atoms with E-state index >= 15 is 0 Å². The van der Waals surface area contributed by atoms with Crippen LogP contribution in [0.25, 0.3) is 0 Å². The normalized spacial score (nSPS) is 16.1. The molecule has 2 rings (SSSR count). The smallest absolute Gasteiger partial charge is 0.109 e. The van der Waals surface area contributed by atoms with Crippen molar-refractivity contribution in [1.29, 1.82) is 0 Å². The molecule has 0 saturated heterocycles.